The van der Waals surface area contributed by atoms with Crippen LogP contribution in [0.1, 0.15) is 6.85 Å². The van der Waals surface area contributed by atoms with Crippen LogP contribution in [-0.2, 0) is 0 Å². The topological polar surface area (TPSA) is 8.17 Å². The fraction of sp³-hybridized carbons (Fsp3) is 0. The summed E-state index contributed by atoms with van der Waals surface area (Å²) in [5.74, 6) is 0. The number of para-hydroxylation sites is 2. The van der Waals surface area contributed by atoms with Crippen LogP contribution in [-0.4, -0.2) is 4.57 Å². The highest BCUT2D eigenvalue weighted by molar-refractivity contribution is 6.19. The van der Waals surface area contributed by atoms with Crippen molar-refractivity contribution in [2.75, 3.05) is 4.90 Å². The smallest absolute Gasteiger partial charge is 0.0645 e. The SMILES string of the molecule is [2H]c1c([2H])c([2H])c(N(c2ccc(-c3cccc4ccccc34)cc2)c2ccc3c4ccc5ccccc5c4n(-c4ccccc4)c3c2)c([2H])c1[2H]. The van der Waals surface area contributed by atoms with Crippen molar-refractivity contribution >= 4 is 60.4 Å². The molecule has 2 heteroatoms. The normalized spacial score (nSPS) is 13.0. The lowest BCUT2D eigenvalue weighted by Gasteiger charge is -2.26. The molecule has 0 bridgehead atoms. The first-order valence-electron chi connectivity index (χ1n) is 17.9. The van der Waals surface area contributed by atoms with Gasteiger partial charge in [0.1, 0.15) is 0 Å². The zero-order valence-electron chi connectivity index (χ0n) is 29.8. The molecule has 1 aromatic heterocycles. The second-order valence-electron chi connectivity index (χ2n) is 11.4. The fourth-order valence-electron chi connectivity index (χ4n) is 6.78. The third-order valence-electron chi connectivity index (χ3n) is 8.85. The van der Waals surface area contributed by atoms with Gasteiger partial charge in [-0.2, -0.15) is 0 Å². The van der Waals surface area contributed by atoms with Crippen LogP contribution < -0.4 is 4.90 Å². The first-order valence-corrected chi connectivity index (χ1v) is 15.4. The number of benzene rings is 8. The molecular weight excluding hydrogens is 556 g/mol. The van der Waals surface area contributed by atoms with Crippen molar-refractivity contribution in [1.29, 1.82) is 0 Å². The van der Waals surface area contributed by atoms with Crippen molar-refractivity contribution in [2.45, 2.75) is 0 Å². The summed E-state index contributed by atoms with van der Waals surface area (Å²) in [5.41, 5.74) is 6.56. The van der Waals surface area contributed by atoms with Gasteiger partial charge in [-0.1, -0.05) is 133 Å². The maximum atomic E-state index is 9.03. The van der Waals surface area contributed by atoms with Gasteiger partial charge in [-0.25, -0.2) is 0 Å². The van der Waals surface area contributed by atoms with E-state index in [0.717, 1.165) is 60.2 Å². The summed E-state index contributed by atoms with van der Waals surface area (Å²) in [5, 5.41) is 6.71. The maximum absolute atomic E-state index is 9.03. The van der Waals surface area contributed by atoms with Crippen molar-refractivity contribution in [2.24, 2.45) is 0 Å². The Balaban J connectivity index is 1.31. The minimum absolute atomic E-state index is 0.0890. The number of rotatable bonds is 5. The van der Waals surface area contributed by atoms with Crippen molar-refractivity contribution in [3.05, 3.63) is 182 Å². The Bertz CT molecular complexity index is 2770. The Morgan fingerprint density at radius 2 is 1.11 bits per heavy atom. The van der Waals surface area contributed by atoms with Crippen LogP contribution in [0.15, 0.2) is 182 Å². The molecule has 0 radical (unpaired) electrons. The summed E-state index contributed by atoms with van der Waals surface area (Å²) in [4.78, 5) is 1.79. The summed E-state index contributed by atoms with van der Waals surface area (Å²) < 4.78 is 45.8. The Morgan fingerprint density at radius 3 is 1.91 bits per heavy atom. The van der Waals surface area contributed by atoms with Gasteiger partial charge in [-0.3, -0.25) is 0 Å². The van der Waals surface area contributed by atoms with E-state index in [9.17, 15) is 0 Å². The van der Waals surface area contributed by atoms with E-state index in [4.69, 9.17) is 6.85 Å². The molecule has 0 aliphatic rings. The molecule has 9 aromatic rings. The van der Waals surface area contributed by atoms with E-state index in [1.165, 1.54) is 0 Å². The molecule has 46 heavy (non-hydrogen) atoms. The Labute approximate surface area is 275 Å². The van der Waals surface area contributed by atoms with Gasteiger partial charge >= 0.3 is 0 Å². The molecule has 0 saturated heterocycles. The monoisotopic (exact) mass is 591 g/mol. The van der Waals surface area contributed by atoms with Gasteiger partial charge in [0.25, 0.3) is 0 Å². The largest absolute Gasteiger partial charge is 0.310 e. The lowest BCUT2D eigenvalue weighted by molar-refractivity contribution is 1.18. The summed E-state index contributed by atoms with van der Waals surface area (Å²) in [7, 11) is 0. The van der Waals surface area contributed by atoms with Crippen LogP contribution in [0.2, 0.25) is 0 Å². The van der Waals surface area contributed by atoms with Crippen LogP contribution in [0.4, 0.5) is 17.1 Å². The molecule has 0 fully saturated rings. The number of fused-ring (bicyclic) bond motifs is 6. The molecule has 0 aliphatic carbocycles. The van der Waals surface area contributed by atoms with Gasteiger partial charge in [-0.15, -0.1) is 0 Å². The number of hydrogen-bond donors (Lipinski definition) is 0. The quantitative estimate of drug-likeness (QED) is 0.193. The molecule has 2 nitrogen and oxygen atoms in total. The van der Waals surface area contributed by atoms with Crippen LogP contribution in [0.5, 0.6) is 0 Å². The highest BCUT2D eigenvalue weighted by Gasteiger charge is 2.19. The molecule has 0 N–H and O–H groups in total. The van der Waals surface area contributed by atoms with E-state index < -0.39 is 6.04 Å². The predicted molar refractivity (Wildman–Crippen MR) is 196 cm³/mol. The molecule has 0 amide bonds. The highest BCUT2D eigenvalue weighted by atomic mass is 15.1. The predicted octanol–water partition coefficient (Wildman–Crippen LogP) is 12.2. The van der Waals surface area contributed by atoms with Crippen LogP contribution in [0, 0.1) is 0 Å². The Hall–Kier alpha value is -6.12. The van der Waals surface area contributed by atoms with E-state index in [2.05, 4.69) is 89.5 Å². The van der Waals surface area contributed by atoms with Gasteiger partial charge in [0.2, 0.25) is 0 Å². The second-order valence-corrected chi connectivity index (χ2v) is 11.4. The third kappa shape index (κ3) is 4.27. The zero-order chi connectivity index (χ0) is 34.8. The highest BCUT2D eigenvalue weighted by Crippen LogP contribution is 2.42. The molecule has 0 unspecified atom stereocenters. The molecule has 0 aliphatic heterocycles. The molecule has 8 aromatic carbocycles. The number of anilines is 3. The standard InChI is InChI=1S/C44H30N2/c1-3-15-34(16-4-1)45(36-25-22-33(23-26-36)39-21-11-14-31-12-7-9-19-38(31)39)37-27-29-41-42-28-24-32-13-8-10-20-40(32)44(42)46(43(41)30-37)35-17-5-2-6-18-35/h1-30H/i1D,3D,4D,15D,16D. The third-order valence-corrected chi connectivity index (χ3v) is 8.85. The molecule has 9 rings (SSSR count). The molecular formula is C44H30N2. The Kier molecular flexibility index (Phi) is 5.06. The van der Waals surface area contributed by atoms with Crippen LogP contribution in [0.3, 0.4) is 0 Å². The van der Waals surface area contributed by atoms with Crippen molar-refractivity contribution in [3.63, 3.8) is 0 Å². The molecule has 1 heterocycles. The van der Waals surface area contributed by atoms with E-state index in [1.807, 2.05) is 66.7 Å². The number of nitrogens with zero attached hydrogens (tertiary/aromatic N) is 2. The van der Waals surface area contributed by atoms with Gasteiger partial charge < -0.3 is 9.47 Å². The average Bonchev–Trinajstić information content (AvgIpc) is 3.52. The van der Waals surface area contributed by atoms with E-state index >= 15 is 0 Å². The minimum atomic E-state index is -0.425. The molecule has 0 atom stereocenters. The van der Waals surface area contributed by atoms with Crippen LogP contribution >= 0.6 is 0 Å². The number of hydrogen-bond acceptors (Lipinski definition) is 1. The van der Waals surface area contributed by atoms with Gasteiger partial charge in [0.15, 0.2) is 0 Å². The molecule has 0 spiro atoms. The van der Waals surface area contributed by atoms with E-state index in [1.54, 1.807) is 4.90 Å². The van der Waals surface area contributed by atoms with Crippen molar-refractivity contribution < 1.29 is 6.85 Å². The Morgan fingerprint density at radius 1 is 0.457 bits per heavy atom. The lowest BCUT2D eigenvalue weighted by atomic mass is 9.98. The van der Waals surface area contributed by atoms with E-state index in [0.29, 0.717) is 11.4 Å². The van der Waals surface area contributed by atoms with Crippen molar-refractivity contribution in [1.82, 2.24) is 4.57 Å². The first kappa shape index (κ1) is 21.6. The fourth-order valence-corrected chi connectivity index (χ4v) is 6.78. The van der Waals surface area contributed by atoms with Gasteiger partial charge in [0.05, 0.1) is 17.9 Å². The first-order chi connectivity index (χ1) is 24.9. The zero-order valence-corrected chi connectivity index (χ0v) is 24.8. The molecule has 216 valence electrons. The van der Waals surface area contributed by atoms with Gasteiger partial charge in [0, 0.05) is 38.9 Å². The lowest BCUT2D eigenvalue weighted by Crippen LogP contribution is -2.10. The summed E-state index contributed by atoms with van der Waals surface area (Å²) in [6.07, 6.45) is 0. The summed E-state index contributed by atoms with van der Waals surface area (Å²) >= 11 is 0. The number of aromatic nitrogens is 1. The van der Waals surface area contributed by atoms with E-state index in [-0.39, 0.29) is 29.9 Å². The van der Waals surface area contributed by atoms with Gasteiger partial charge in [-0.05, 0) is 75.8 Å². The maximum Gasteiger partial charge on any atom is 0.0645 e. The average molecular weight is 592 g/mol. The van der Waals surface area contributed by atoms with Crippen molar-refractivity contribution in [3.8, 4) is 16.8 Å². The minimum Gasteiger partial charge on any atom is -0.310 e. The molecule has 0 saturated carbocycles. The second kappa shape index (κ2) is 10.8. The summed E-state index contributed by atoms with van der Waals surface area (Å²) in [6.45, 7) is 0. The van der Waals surface area contributed by atoms with Crippen LogP contribution in [0.25, 0.3) is 60.2 Å². The summed E-state index contributed by atoms with van der Waals surface area (Å²) in [6, 6.07) is 49.8.